The lowest BCUT2D eigenvalue weighted by atomic mass is 10.1. The second-order valence-corrected chi connectivity index (χ2v) is 5.65. The SMILES string of the molecule is NC(=O)Oc1ccccc1Cc1noc(CCCc2ccccc2)n1. The van der Waals surface area contributed by atoms with E-state index in [2.05, 4.69) is 22.3 Å². The van der Waals surface area contributed by atoms with Crippen molar-refractivity contribution in [1.82, 2.24) is 10.1 Å². The van der Waals surface area contributed by atoms with E-state index >= 15 is 0 Å². The number of carbonyl (C=O) groups excluding carboxylic acids is 1. The molecule has 0 atom stereocenters. The van der Waals surface area contributed by atoms with E-state index in [4.69, 9.17) is 15.0 Å². The number of amides is 1. The third kappa shape index (κ3) is 4.91. The van der Waals surface area contributed by atoms with Crippen molar-refractivity contribution in [2.45, 2.75) is 25.7 Å². The van der Waals surface area contributed by atoms with Gasteiger partial charge in [0.15, 0.2) is 5.82 Å². The summed E-state index contributed by atoms with van der Waals surface area (Å²) in [5.41, 5.74) is 7.15. The van der Waals surface area contributed by atoms with Gasteiger partial charge in [-0.2, -0.15) is 4.98 Å². The zero-order valence-corrected chi connectivity index (χ0v) is 13.7. The van der Waals surface area contributed by atoms with Gasteiger partial charge in [0.05, 0.1) is 0 Å². The Kier molecular flexibility index (Phi) is 5.41. The van der Waals surface area contributed by atoms with Gasteiger partial charge in [-0.1, -0.05) is 53.7 Å². The van der Waals surface area contributed by atoms with Gasteiger partial charge in [-0.25, -0.2) is 4.79 Å². The quantitative estimate of drug-likeness (QED) is 0.714. The highest BCUT2D eigenvalue weighted by molar-refractivity contribution is 5.68. The molecule has 6 heteroatoms. The number of hydrogen-bond acceptors (Lipinski definition) is 5. The molecule has 2 N–H and O–H groups in total. The molecular formula is C19H19N3O3. The lowest BCUT2D eigenvalue weighted by molar-refractivity contribution is 0.210. The fourth-order valence-electron chi connectivity index (χ4n) is 2.58. The molecule has 1 amide bonds. The molecule has 6 nitrogen and oxygen atoms in total. The van der Waals surface area contributed by atoms with E-state index in [0.29, 0.717) is 23.9 Å². The molecular weight excluding hydrogens is 318 g/mol. The summed E-state index contributed by atoms with van der Waals surface area (Å²) < 4.78 is 10.3. The van der Waals surface area contributed by atoms with Gasteiger partial charge in [0, 0.05) is 18.4 Å². The summed E-state index contributed by atoms with van der Waals surface area (Å²) in [5, 5.41) is 4.00. The zero-order valence-electron chi connectivity index (χ0n) is 13.7. The highest BCUT2D eigenvalue weighted by atomic mass is 16.5. The third-order valence-corrected chi connectivity index (χ3v) is 3.74. The van der Waals surface area contributed by atoms with E-state index in [1.165, 1.54) is 5.56 Å². The van der Waals surface area contributed by atoms with Gasteiger partial charge in [0.25, 0.3) is 0 Å². The summed E-state index contributed by atoms with van der Waals surface area (Å²) >= 11 is 0. The molecule has 0 aliphatic heterocycles. The zero-order chi connectivity index (χ0) is 17.5. The topological polar surface area (TPSA) is 91.2 Å². The van der Waals surface area contributed by atoms with Crippen LogP contribution in [0.15, 0.2) is 59.1 Å². The lowest BCUT2D eigenvalue weighted by Gasteiger charge is -2.05. The fourth-order valence-corrected chi connectivity index (χ4v) is 2.58. The molecule has 25 heavy (non-hydrogen) atoms. The van der Waals surface area contributed by atoms with Crippen molar-refractivity contribution in [1.29, 1.82) is 0 Å². The first-order chi connectivity index (χ1) is 12.2. The van der Waals surface area contributed by atoms with Crippen molar-refractivity contribution in [3.8, 4) is 5.75 Å². The molecule has 1 heterocycles. The Balaban J connectivity index is 1.58. The number of para-hydroxylation sites is 1. The van der Waals surface area contributed by atoms with Crippen LogP contribution in [-0.2, 0) is 19.3 Å². The van der Waals surface area contributed by atoms with Gasteiger partial charge in [0.2, 0.25) is 5.89 Å². The van der Waals surface area contributed by atoms with Crippen LogP contribution in [0.1, 0.15) is 29.3 Å². The molecule has 0 spiro atoms. The average molecular weight is 337 g/mol. The van der Waals surface area contributed by atoms with E-state index in [-0.39, 0.29) is 0 Å². The van der Waals surface area contributed by atoms with Gasteiger partial charge in [-0.05, 0) is 24.5 Å². The van der Waals surface area contributed by atoms with Crippen molar-refractivity contribution >= 4 is 6.09 Å². The van der Waals surface area contributed by atoms with Gasteiger partial charge in [0.1, 0.15) is 5.75 Å². The standard InChI is InChI=1S/C19H19N3O3/c20-19(23)24-16-11-5-4-10-15(16)13-17-21-18(25-22-17)12-6-9-14-7-2-1-3-8-14/h1-5,7-8,10-11H,6,9,12-13H2,(H2,20,23). The first-order valence-electron chi connectivity index (χ1n) is 8.11. The fraction of sp³-hybridized carbons (Fsp3) is 0.211. The second-order valence-electron chi connectivity index (χ2n) is 5.65. The van der Waals surface area contributed by atoms with E-state index in [1.807, 2.05) is 30.3 Å². The highest BCUT2D eigenvalue weighted by Crippen LogP contribution is 2.20. The minimum absolute atomic E-state index is 0.408. The normalized spacial score (nSPS) is 10.6. The Morgan fingerprint density at radius 1 is 1.04 bits per heavy atom. The minimum Gasteiger partial charge on any atom is -0.410 e. The number of aryl methyl sites for hydroxylation is 2. The maximum absolute atomic E-state index is 11.0. The molecule has 1 aromatic heterocycles. The summed E-state index contributed by atoms with van der Waals surface area (Å²) in [6, 6.07) is 17.4. The number of rotatable bonds is 7. The van der Waals surface area contributed by atoms with Crippen molar-refractivity contribution in [2.75, 3.05) is 0 Å². The molecule has 0 saturated carbocycles. The molecule has 0 aliphatic carbocycles. The number of hydrogen-bond donors (Lipinski definition) is 1. The first kappa shape index (κ1) is 16.7. The number of primary amides is 1. The maximum atomic E-state index is 11.0. The summed E-state index contributed by atoms with van der Waals surface area (Å²) in [6.07, 6.45) is 2.19. The number of aromatic nitrogens is 2. The van der Waals surface area contributed by atoms with Crippen LogP contribution in [0.3, 0.4) is 0 Å². The summed E-state index contributed by atoms with van der Waals surface area (Å²) in [7, 11) is 0. The molecule has 2 aromatic carbocycles. The minimum atomic E-state index is -0.845. The van der Waals surface area contributed by atoms with Gasteiger partial charge >= 0.3 is 6.09 Å². The van der Waals surface area contributed by atoms with Gasteiger partial charge in [-0.15, -0.1) is 0 Å². The number of nitrogens with two attached hydrogens (primary N) is 1. The molecule has 3 aromatic rings. The molecule has 0 saturated heterocycles. The van der Waals surface area contributed by atoms with Gasteiger partial charge < -0.3 is 15.0 Å². The summed E-state index contributed by atoms with van der Waals surface area (Å²) in [4.78, 5) is 15.4. The Hall–Kier alpha value is -3.15. The molecule has 0 bridgehead atoms. The first-order valence-corrected chi connectivity index (χ1v) is 8.11. The van der Waals surface area contributed by atoms with Crippen LogP contribution in [0.5, 0.6) is 5.75 Å². The van der Waals surface area contributed by atoms with Crippen LogP contribution in [0, 0.1) is 0 Å². The molecule has 0 fully saturated rings. The number of nitrogens with zero attached hydrogens (tertiary/aromatic N) is 2. The van der Waals surface area contributed by atoms with E-state index < -0.39 is 6.09 Å². The number of carbonyl (C=O) groups is 1. The Morgan fingerprint density at radius 3 is 2.60 bits per heavy atom. The van der Waals surface area contributed by atoms with Crippen molar-refractivity contribution in [3.05, 3.63) is 77.4 Å². The lowest BCUT2D eigenvalue weighted by Crippen LogP contribution is -2.17. The summed E-state index contributed by atoms with van der Waals surface area (Å²) in [5.74, 6) is 1.57. The van der Waals surface area contributed by atoms with Crippen LogP contribution >= 0.6 is 0 Å². The number of ether oxygens (including phenoxy) is 1. The van der Waals surface area contributed by atoms with E-state index in [0.717, 1.165) is 24.8 Å². The van der Waals surface area contributed by atoms with E-state index in [1.54, 1.807) is 12.1 Å². The highest BCUT2D eigenvalue weighted by Gasteiger charge is 2.11. The van der Waals surface area contributed by atoms with Crippen LogP contribution in [-0.4, -0.2) is 16.2 Å². The van der Waals surface area contributed by atoms with Crippen LogP contribution in [0.4, 0.5) is 4.79 Å². The Labute approximate surface area is 145 Å². The molecule has 0 radical (unpaired) electrons. The second kappa shape index (κ2) is 8.10. The van der Waals surface area contributed by atoms with Crippen LogP contribution in [0.2, 0.25) is 0 Å². The van der Waals surface area contributed by atoms with Crippen LogP contribution in [0.25, 0.3) is 0 Å². The molecule has 0 unspecified atom stereocenters. The predicted octanol–water partition coefficient (Wildman–Crippen LogP) is 3.29. The van der Waals surface area contributed by atoms with Crippen LogP contribution < -0.4 is 10.5 Å². The van der Waals surface area contributed by atoms with Crippen molar-refractivity contribution < 1.29 is 14.1 Å². The van der Waals surface area contributed by atoms with E-state index in [9.17, 15) is 4.79 Å². The maximum Gasteiger partial charge on any atom is 0.409 e. The average Bonchev–Trinajstić information content (AvgIpc) is 3.05. The molecule has 3 rings (SSSR count). The number of benzene rings is 2. The van der Waals surface area contributed by atoms with Crippen molar-refractivity contribution in [2.24, 2.45) is 5.73 Å². The summed E-state index contributed by atoms with van der Waals surface area (Å²) in [6.45, 7) is 0. The third-order valence-electron chi connectivity index (χ3n) is 3.74. The smallest absolute Gasteiger partial charge is 0.409 e. The predicted molar refractivity (Wildman–Crippen MR) is 92.2 cm³/mol. The Morgan fingerprint density at radius 2 is 1.80 bits per heavy atom. The van der Waals surface area contributed by atoms with Crippen molar-refractivity contribution in [3.63, 3.8) is 0 Å². The largest absolute Gasteiger partial charge is 0.410 e. The molecule has 0 aliphatic rings. The monoisotopic (exact) mass is 337 g/mol. The Bertz CT molecular complexity index is 831. The molecule has 128 valence electrons. The van der Waals surface area contributed by atoms with Gasteiger partial charge in [-0.3, -0.25) is 0 Å².